The highest BCUT2D eigenvalue weighted by Gasteiger charge is 2.52. The summed E-state index contributed by atoms with van der Waals surface area (Å²) in [5, 5.41) is 4.84. The summed E-state index contributed by atoms with van der Waals surface area (Å²) in [4.78, 5) is 5.03. The number of hydrogen-bond donors (Lipinski definition) is 0. The van der Waals surface area contributed by atoms with Gasteiger partial charge >= 0.3 is 0 Å². The van der Waals surface area contributed by atoms with Crippen molar-refractivity contribution in [1.29, 1.82) is 0 Å². The third-order valence-electron chi connectivity index (χ3n) is 4.87. The number of nitrogens with zero attached hydrogens (tertiary/aromatic N) is 1. The van der Waals surface area contributed by atoms with Crippen molar-refractivity contribution in [1.82, 2.24) is 4.98 Å². The predicted octanol–water partition coefficient (Wildman–Crippen LogP) is 2.11. The normalized spacial score (nSPS) is 11.1. The van der Waals surface area contributed by atoms with Gasteiger partial charge in [-0.3, -0.25) is 0 Å². The fourth-order valence-electron chi connectivity index (χ4n) is 3.67. The highest BCUT2D eigenvalue weighted by molar-refractivity contribution is 8.04. The summed E-state index contributed by atoms with van der Waals surface area (Å²) in [6.07, 6.45) is 1.09. The first-order valence-electron chi connectivity index (χ1n) is 9.93. The van der Waals surface area contributed by atoms with Crippen LogP contribution >= 0.6 is 19.0 Å². The standard InChI is InChI=1S/C25H25NOPS.HI/c1-3-19-29-25-24(26-20(2)27-25)28(21-13-7-4-8-14-21,22-15-9-5-10-16-22)23-17-11-6-12-18-23;/h4-18H,3,19H2,1-2H3;1H/q+1;/p-1. The first kappa shape index (κ1) is 23.1. The van der Waals surface area contributed by atoms with Crippen LogP contribution in [0, 0.1) is 6.92 Å². The molecule has 0 fully saturated rings. The van der Waals surface area contributed by atoms with Gasteiger partial charge in [-0.1, -0.05) is 73.3 Å². The summed E-state index contributed by atoms with van der Waals surface area (Å²) in [5.74, 6) is 1.74. The van der Waals surface area contributed by atoms with E-state index in [4.69, 9.17) is 9.40 Å². The van der Waals surface area contributed by atoms with E-state index in [1.807, 2.05) is 6.92 Å². The third kappa shape index (κ3) is 4.37. The maximum Gasteiger partial charge on any atom is 0.250 e. The highest BCUT2D eigenvalue weighted by Crippen LogP contribution is 2.55. The Bertz CT molecular complexity index is 958. The van der Waals surface area contributed by atoms with Crippen LogP contribution in [0.2, 0.25) is 0 Å². The van der Waals surface area contributed by atoms with Crippen molar-refractivity contribution in [3.05, 3.63) is 96.9 Å². The lowest BCUT2D eigenvalue weighted by atomic mass is 10.4. The molecule has 0 amide bonds. The van der Waals surface area contributed by atoms with Gasteiger partial charge in [0.1, 0.15) is 15.9 Å². The summed E-state index contributed by atoms with van der Waals surface area (Å²) in [7, 11) is -2.19. The summed E-state index contributed by atoms with van der Waals surface area (Å²) in [6.45, 7) is 4.15. The van der Waals surface area contributed by atoms with Crippen LogP contribution < -0.4 is 45.3 Å². The summed E-state index contributed by atoms with van der Waals surface area (Å²) >= 11 is 1.78. The number of benzene rings is 3. The Labute approximate surface area is 200 Å². The molecule has 0 atom stereocenters. The van der Waals surface area contributed by atoms with Gasteiger partial charge in [0.25, 0.3) is 5.44 Å². The number of thioether (sulfide) groups is 1. The molecule has 1 heterocycles. The van der Waals surface area contributed by atoms with Gasteiger partial charge in [-0.15, -0.1) is 0 Å². The Hall–Kier alpha value is -1.62. The Morgan fingerprint density at radius 1 is 0.767 bits per heavy atom. The van der Waals surface area contributed by atoms with Crippen LogP contribution in [0.5, 0.6) is 0 Å². The van der Waals surface area contributed by atoms with Crippen molar-refractivity contribution in [2.75, 3.05) is 5.75 Å². The number of halogens is 1. The second kappa shape index (κ2) is 10.6. The summed E-state index contributed by atoms with van der Waals surface area (Å²) < 4.78 is 6.17. The molecule has 2 nitrogen and oxygen atoms in total. The van der Waals surface area contributed by atoms with Gasteiger partial charge < -0.3 is 28.4 Å². The number of hydrogen-bond acceptors (Lipinski definition) is 3. The average molecular weight is 545 g/mol. The molecule has 0 unspecified atom stereocenters. The molecule has 0 radical (unpaired) electrons. The van der Waals surface area contributed by atoms with Crippen molar-refractivity contribution >= 4 is 40.4 Å². The lowest BCUT2D eigenvalue weighted by molar-refractivity contribution is -0.00000640. The van der Waals surface area contributed by atoms with Gasteiger partial charge in [0.05, 0.1) is 0 Å². The molecule has 154 valence electrons. The Balaban J connectivity index is 0.00000256. The topological polar surface area (TPSA) is 26.0 Å². The minimum Gasteiger partial charge on any atom is -1.00 e. The molecular formula is C25H25INOPS. The molecule has 4 aromatic rings. The van der Waals surface area contributed by atoms with Crippen LogP contribution in [0.15, 0.2) is 101 Å². The lowest BCUT2D eigenvalue weighted by Crippen LogP contribution is -3.00. The van der Waals surface area contributed by atoms with E-state index in [1.54, 1.807) is 11.8 Å². The van der Waals surface area contributed by atoms with Gasteiger partial charge in [0.15, 0.2) is 13.2 Å². The van der Waals surface area contributed by atoms with E-state index in [0.717, 1.165) is 28.6 Å². The minimum atomic E-state index is -2.19. The molecule has 0 saturated heterocycles. The monoisotopic (exact) mass is 545 g/mol. The fourth-order valence-corrected chi connectivity index (χ4v) is 9.11. The molecule has 0 aliphatic carbocycles. The van der Waals surface area contributed by atoms with Gasteiger partial charge in [-0.05, 0) is 42.8 Å². The summed E-state index contributed by atoms with van der Waals surface area (Å²) in [6, 6.07) is 32.4. The maximum absolute atomic E-state index is 6.17. The Morgan fingerprint density at radius 3 is 1.60 bits per heavy atom. The van der Waals surface area contributed by atoms with Gasteiger partial charge in [-0.25, -0.2) is 0 Å². The van der Waals surface area contributed by atoms with Crippen molar-refractivity contribution in [2.24, 2.45) is 0 Å². The van der Waals surface area contributed by atoms with Crippen LogP contribution in [-0.4, -0.2) is 10.7 Å². The van der Waals surface area contributed by atoms with Crippen LogP contribution in [0.4, 0.5) is 0 Å². The number of aromatic nitrogens is 1. The largest absolute Gasteiger partial charge is 1.00 e. The van der Waals surface area contributed by atoms with Crippen molar-refractivity contribution < 1.29 is 28.4 Å². The van der Waals surface area contributed by atoms with E-state index < -0.39 is 7.26 Å². The van der Waals surface area contributed by atoms with E-state index in [0.29, 0.717) is 0 Å². The lowest BCUT2D eigenvalue weighted by Gasteiger charge is -2.25. The molecule has 3 aromatic carbocycles. The number of oxazole rings is 1. The number of aryl methyl sites for hydroxylation is 1. The van der Waals surface area contributed by atoms with E-state index >= 15 is 0 Å². The zero-order valence-corrected chi connectivity index (χ0v) is 21.0. The molecule has 30 heavy (non-hydrogen) atoms. The molecule has 0 bridgehead atoms. The molecule has 0 aliphatic rings. The smallest absolute Gasteiger partial charge is 0.250 e. The maximum atomic E-state index is 6.17. The summed E-state index contributed by atoms with van der Waals surface area (Å²) in [5.41, 5.74) is 1.08. The van der Waals surface area contributed by atoms with Crippen molar-refractivity contribution in [3.8, 4) is 0 Å². The second-order valence-corrected chi connectivity index (χ2v) is 11.3. The fraction of sp³-hybridized carbons (Fsp3) is 0.160. The van der Waals surface area contributed by atoms with Crippen LogP contribution in [0.25, 0.3) is 0 Å². The van der Waals surface area contributed by atoms with E-state index in [-0.39, 0.29) is 24.0 Å². The molecule has 0 N–H and O–H groups in total. The third-order valence-corrected chi connectivity index (χ3v) is 10.3. The SMILES string of the molecule is CCCSc1oc(C)nc1[P+](c1ccccc1)(c1ccccc1)c1ccccc1.[I-]. The van der Waals surface area contributed by atoms with E-state index in [2.05, 4.69) is 97.9 Å². The number of rotatable bonds is 7. The molecule has 4 rings (SSSR count). The van der Waals surface area contributed by atoms with E-state index in [9.17, 15) is 0 Å². The first-order valence-corrected chi connectivity index (χ1v) is 12.7. The van der Waals surface area contributed by atoms with E-state index in [1.165, 1.54) is 15.9 Å². The molecular weight excluding hydrogens is 520 g/mol. The first-order chi connectivity index (χ1) is 14.3. The zero-order valence-electron chi connectivity index (χ0n) is 17.2. The molecule has 0 aliphatic heterocycles. The van der Waals surface area contributed by atoms with Crippen molar-refractivity contribution in [2.45, 2.75) is 25.4 Å². The predicted molar refractivity (Wildman–Crippen MR) is 127 cm³/mol. The molecule has 0 spiro atoms. The van der Waals surface area contributed by atoms with Crippen LogP contribution in [0.3, 0.4) is 0 Å². The van der Waals surface area contributed by atoms with Crippen LogP contribution in [0.1, 0.15) is 19.2 Å². The molecule has 5 heteroatoms. The van der Waals surface area contributed by atoms with Crippen LogP contribution in [-0.2, 0) is 0 Å². The van der Waals surface area contributed by atoms with Gasteiger partial charge in [-0.2, -0.15) is 4.98 Å². The molecule has 1 aromatic heterocycles. The Morgan fingerprint density at radius 2 is 1.20 bits per heavy atom. The van der Waals surface area contributed by atoms with Crippen molar-refractivity contribution in [3.63, 3.8) is 0 Å². The highest BCUT2D eigenvalue weighted by atomic mass is 127. The van der Waals surface area contributed by atoms with Gasteiger partial charge in [0.2, 0.25) is 5.09 Å². The quantitative estimate of drug-likeness (QED) is 0.202. The minimum absolute atomic E-state index is 0. The second-order valence-electron chi connectivity index (χ2n) is 6.87. The zero-order chi connectivity index (χ0) is 20.1. The Kier molecular flexibility index (Phi) is 8.15. The molecule has 0 saturated carbocycles. The average Bonchev–Trinajstić information content (AvgIpc) is 3.16. The van der Waals surface area contributed by atoms with Gasteiger partial charge in [0, 0.05) is 12.7 Å².